The Labute approximate surface area is 106 Å². The molecule has 1 atom stereocenters. The van der Waals surface area contributed by atoms with Crippen molar-refractivity contribution in [1.29, 1.82) is 0 Å². The number of amides is 3. The summed E-state index contributed by atoms with van der Waals surface area (Å²) in [5.41, 5.74) is 2.97. The maximum absolute atomic E-state index is 11.7. The maximum Gasteiger partial charge on any atom is 0.319 e. The molecule has 0 aliphatic carbocycles. The Bertz CT molecular complexity index is 465. The topological polar surface area (TPSA) is 70.2 Å². The first-order valence-electron chi connectivity index (χ1n) is 5.95. The van der Waals surface area contributed by atoms with Crippen LogP contribution in [0, 0.1) is 13.8 Å². The van der Waals surface area contributed by atoms with Gasteiger partial charge in [0, 0.05) is 18.7 Å². The Morgan fingerprint density at radius 1 is 1.28 bits per heavy atom. The lowest BCUT2D eigenvalue weighted by Crippen LogP contribution is -2.39. The molecule has 2 rings (SSSR count). The molecule has 1 saturated heterocycles. The van der Waals surface area contributed by atoms with Gasteiger partial charge in [0.15, 0.2) is 0 Å². The predicted octanol–water partition coefficient (Wildman–Crippen LogP) is 1.31. The van der Waals surface area contributed by atoms with Crippen molar-refractivity contribution in [2.45, 2.75) is 26.3 Å². The molecule has 1 aliphatic heterocycles. The van der Waals surface area contributed by atoms with E-state index in [9.17, 15) is 9.59 Å². The summed E-state index contributed by atoms with van der Waals surface area (Å²) in [4.78, 5) is 22.7. The largest absolute Gasteiger partial charge is 0.354 e. The molecule has 1 fully saturated rings. The molecule has 0 saturated carbocycles. The van der Waals surface area contributed by atoms with Crippen LogP contribution in [0.15, 0.2) is 18.2 Å². The van der Waals surface area contributed by atoms with Crippen molar-refractivity contribution in [3.8, 4) is 0 Å². The van der Waals surface area contributed by atoms with Crippen LogP contribution >= 0.6 is 0 Å². The molecule has 5 nitrogen and oxygen atoms in total. The zero-order chi connectivity index (χ0) is 13.1. The summed E-state index contributed by atoms with van der Waals surface area (Å²) in [7, 11) is 0. The third-order valence-electron chi connectivity index (χ3n) is 2.79. The molecule has 5 heteroatoms. The lowest BCUT2D eigenvalue weighted by molar-refractivity contribution is -0.119. The predicted molar refractivity (Wildman–Crippen MR) is 69.5 cm³/mol. The number of carbonyl (C=O) groups is 2. The van der Waals surface area contributed by atoms with E-state index >= 15 is 0 Å². The van der Waals surface area contributed by atoms with E-state index in [4.69, 9.17) is 0 Å². The molecule has 3 amide bonds. The Morgan fingerprint density at radius 2 is 1.94 bits per heavy atom. The highest BCUT2D eigenvalue weighted by Crippen LogP contribution is 2.13. The molecule has 96 valence electrons. The fraction of sp³-hybridized carbons (Fsp3) is 0.385. The Morgan fingerprint density at radius 3 is 2.50 bits per heavy atom. The third kappa shape index (κ3) is 3.23. The quantitative estimate of drug-likeness (QED) is 0.737. The highest BCUT2D eigenvalue weighted by molar-refractivity contribution is 5.90. The molecule has 0 bridgehead atoms. The number of anilines is 1. The normalized spacial score (nSPS) is 18.3. The summed E-state index contributed by atoms with van der Waals surface area (Å²) in [6.07, 6.45) is 0.347. The third-order valence-corrected chi connectivity index (χ3v) is 2.79. The number of urea groups is 1. The van der Waals surface area contributed by atoms with Crippen LogP contribution in [0.25, 0.3) is 0 Å². The van der Waals surface area contributed by atoms with E-state index < -0.39 is 0 Å². The highest BCUT2D eigenvalue weighted by atomic mass is 16.2. The monoisotopic (exact) mass is 247 g/mol. The van der Waals surface area contributed by atoms with Crippen molar-refractivity contribution in [3.63, 3.8) is 0 Å². The summed E-state index contributed by atoms with van der Waals surface area (Å²) >= 11 is 0. The minimum atomic E-state index is -0.276. The van der Waals surface area contributed by atoms with Crippen LogP contribution in [0.5, 0.6) is 0 Å². The van der Waals surface area contributed by atoms with Gasteiger partial charge < -0.3 is 16.0 Å². The first-order chi connectivity index (χ1) is 8.52. The van der Waals surface area contributed by atoms with Crippen LogP contribution in [0.1, 0.15) is 17.5 Å². The molecule has 0 radical (unpaired) electrons. The van der Waals surface area contributed by atoms with Crippen molar-refractivity contribution in [2.24, 2.45) is 0 Å². The first-order valence-corrected chi connectivity index (χ1v) is 5.95. The summed E-state index contributed by atoms with van der Waals surface area (Å²) in [5.74, 6) is -0.0216. The highest BCUT2D eigenvalue weighted by Gasteiger charge is 2.22. The molecule has 0 spiro atoms. The van der Waals surface area contributed by atoms with Crippen molar-refractivity contribution in [2.75, 3.05) is 11.9 Å². The van der Waals surface area contributed by atoms with Gasteiger partial charge in [0.2, 0.25) is 5.91 Å². The number of nitrogens with one attached hydrogen (secondary N) is 3. The van der Waals surface area contributed by atoms with Gasteiger partial charge in [-0.25, -0.2) is 4.79 Å². The molecule has 0 unspecified atom stereocenters. The summed E-state index contributed by atoms with van der Waals surface area (Å²) in [5, 5.41) is 8.22. The van der Waals surface area contributed by atoms with Crippen LogP contribution in [-0.2, 0) is 4.79 Å². The van der Waals surface area contributed by atoms with E-state index in [1.807, 2.05) is 32.0 Å². The van der Waals surface area contributed by atoms with E-state index in [-0.39, 0.29) is 18.0 Å². The van der Waals surface area contributed by atoms with Crippen LogP contribution < -0.4 is 16.0 Å². The van der Waals surface area contributed by atoms with Crippen molar-refractivity contribution in [1.82, 2.24) is 10.6 Å². The molecule has 0 aromatic heterocycles. The Hall–Kier alpha value is -2.04. The van der Waals surface area contributed by atoms with Crippen molar-refractivity contribution in [3.05, 3.63) is 29.3 Å². The number of hydrogen-bond donors (Lipinski definition) is 3. The van der Waals surface area contributed by atoms with Crippen LogP contribution in [0.2, 0.25) is 0 Å². The zero-order valence-electron chi connectivity index (χ0n) is 10.5. The second-order valence-electron chi connectivity index (χ2n) is 4.68. The van der Waals surface area contributed by atoms with Gasteiger partial charge in [0.05, 0.1) is 6.04 Å². The minimum Gasteiger partial charge on any atom is -0.354 e. The maximum atomic E-state index is 11.7. The molecule has 1 aromatic rings. The molecule has 1 aliphatic rings. The number of hydrogen-bond acceptors (Lipinski definition) is 2. The standard InChI is InChI=1S/C13H17N3O2/c1-8-3-9(2)5-10(4-8)15-13(18)16-11-6-12(17)14-7-11/h3-5,11H,6-7H2,1-2H3,(H,14,17)(H2,15,16,18)/t11-/m1/s1. The fourth-order valence-electron chi connectivity index (χ4n) is 2.11. The fourth-order valence-corrected chi connectivity index (χ4v) is 2.11. The van der Waals surface area contributed by atoms with Gasteiger partial charge in [-0.05, 0) is 37.1 Å². The minimum absolute atomic E-state index is 0.0216. The smallest absolute Gasteiger partial charge is 0.319 e. The number of carbonyl (C=O) groups excluding carboxylic acids is 2. The van der Waals surface area contributed by atoms with Gasteiger partial charge in [-0.2, -0.15) is 0 Å². The van der Waals surface area contributed by atoms with E-state index in [0.29, 0.717) is 13.0 Å². The SMILES string of the molecule is Cc1cc(C)cc(NC(=O)N[C@H]2CNC(=O)C2)c1. The lowest BCUT2D eigenvalue weighted by atomic mass is 10.1. The number of aryl methyl sites for hydroxylation is 2. The van der Waals surface area contributed by atoms with Gasteiger partial charge in [-0.1, -0.05) is 6.07 Å². The summed E-state index contributed by atoms with van der Waals surface area (Å²) in [6, 6.07) is 5.46. The van der Waals surface area contributed by atoms with E-state index in [1.165, 1.54) is 0 Å². The molecule has 18 heavy (non-hydrogen) atoms. The molecule has 1 aromatic carbocycles. The average molecular weight is 247 g/mol. The van der Waals surface area contributed by atoms with E-state index in [0.717, 1.165) is 16.8 Å². The van der Waals surface area contributed by atoms with Gasteiger partial charge >= 0.3 is 6.03 Å². The number of rotatable bonds is 2. The van der Waals surface area contributed by atoms with E-state index in [2.05, 4.69) is 16.0 Å². The van der Waals surface area contributed by atoms with Crippen molar-refractivity contribution >= 4 is 17.6 Å². The number of benzene rings is 1. The Balaban J connectivity index is 1.92. The summed E-state index contributed by atoms with van der Waals surface area (Å²) in [6.45, 7) is 4.46. The van der Waals surface area contributed by atoms with Gasteiger partial charge in [-0.15, -0.1) is 0 Å². The van der Waals surface area contributed by atoms with E-state index in [1.54, 1.807) is 0 Å². The molecular weight excluding hydrogens is 230 g/mol. The average Bonchev–Trinajstić information content (AvgIpc) is 2.61. The molecule has 3 N–H and O–H groups in total. The molecular formula is C13H17N3O2. The molecule has 1 heterocycles. The van der Waals surface area contributed by atoms with Crippen molar-refractivity contribution < 1.29 is 9.59 Å². The lowest BCUT2D eigenvalue weighted by Gasteiger charge is -2.12. The van der Waals surface area contributed by atoms with Gasteiger partial charge in [-0.3, -0.25) is 4.79 Å². The van der Waals surface area contributed by atoms with Gasteiger partial charge in [0.1, 0.15) is 0 Å². The van der Waals surface area contributed by atoms with Crippen LogP contribution in [0.4, 0.5) is 10.5 Å². The second-order valence-corrected chi connectivity index (χ2v) is 4.68. The van der Waals surface area contributed by atoms with Gasteiger partial charge in [0.25, 0.3) is 0 Å². The summed E-state index contributed by atoms with van der Waals surface area (Å²) < 4.78 is 0. The second kappa shape index (κ2) is 5.08. The van der Waals surface area contributed by atoms with Crippen LogP contribution in [-0.4, -0.2) is 24.5 Å². The van der Waals surface area contributed by atoms with Crippen LogP contribution in [0.3, 0.4) is 0 Å². The zero-order valence-corrected chi connectivity index (χ0v) is 10.5. The Kier molecular flexibility index (Phi) is 3.50. The first kappa shape index (κ1) is 12.4.